The minimum absolute atomic E-state index is 0. The van der Waals surface area contributed by atoms with Crippen molar-refractivity contribution in [3.8, 4) is 5.82 Å². The fourth-order valence-electron chi connectivity index (χ4n) is 5.53. The number of dihydropyridines is 1. The SMILES string of the molecule is [Pt+2].[c-]1cccc2ccn(C3CC=CC(n4c5ccccc5c5ccc(-n6[c-]cc7ccccc76)nc54)=N3)c12. The van der Waals surface area contributed by atoms with Gasteiger partial charge in [-0.2, -0.15) is 24.3 Å². The number of hydrogen-bond acceptors (Lipinski definition) is 2. The van der Waals surface area contributed by atoms with Gasteiger partial charge in [0.15, 0.2) is 0 Å². The number of aliphatic imine (C=N–C) groups is 1. The molecule has 0 saturated carbocycles. The average molecular weight is 671 g/mol. The van der Waals surface area contributed by atoms with E-state index in [0.29, 0.717) is 0 Å². The Bertz CT molecular complexity index is 2040. The van der Waals surface area contributed by atoms with Gasteiger partial charge >= 0.3 is 21.1 Å². The van der Waals surface area contributed by atoms with Gasteiger partial charge in [0.2, 0.25) is 0 Å². The maximum Gasteiger partial charge on any atom is 2.00 e. The van der Waals surface area contributed by atoms with Gasteiger partial charge in [-0.3, -0.25) is 9.55 Å². The molecule has 5 heterocycles. The predicted octanol–water partition coefficient (Wildman–Crippen LogP) is 7.09. The molecule has 7 aromatic rings. The van der Waals surface area contributed by atoms with Crippen LogP contribution in [0.25, 0.3) is 49.6 Å². The van der Waals surface area contributed by atoms with Crippen molar-refractivity contribution in [2.24, 2.45) is 4.99 Å². The Morgan fingerprint density at radius 1 is 0.816 bits per heavy atom. The molecule has 1 unspecified atom stereocenters. The molecule has 0 N–H and O–H groups in total. The van der Waals surface area contributed by atoms with Crippen LogP contribution in [0.2, 0.25) is 0 Å². The van der Waals surface area contributed by atoms with Crippen molar-refractivity contribution >= 4 is 49.6 Å². The first-order valence-corrected chi connectivity index (χ1v) is 12.5. The number of rotatable bonds is 2. The topological polar surface area (TPSA) is 40.0 Å². The Kier molecular flexibility index (Phi) is 5.41. The van der Waals surface area contributed by atoms with Crippen LogP contribution in [-0.2, 0) is 21.1 Å². The Morgan fingerprint density at radius 3 is 2.61 bits per heavy atom. The first-order chi connectivity index (χ1) is 18.3. The van der Waals surface area contributed by atoms with E-state index >= 15 is 0 Å². The van der Waals surface area contributed by atoms with E-state index in [1.165, 1.54) is 5.39 Å². The fourth-order valence-corrected chi connectivity index (χ4v) is 5.53. The van der Waals surface area contributed by atoms with Crippen LogP contribution in [0.4, 0.5) is 0 Å². The molecular formula is C32H21N5Pt. The smallest absolute Gasteiger partial charge is 0.429 e. The van der Waals surface area contributed by atoms with Gasteiger partial charge in [0.1, 0.15) is 17.6 Å². The van der Waals surface area contributed by atoms with Crippen LogP contribution < -0.4 is 0 Å². The zero-order valence-electron chi connectivity index (χ0n) is 20.2. The third kappa shape index (κ3) is 3.43. The van der Waals surface area contributed by atoms with Gasteiger partial charge in [0.05, 0.1) is 11.3 Å². The first kappa shape index (κ1) is 22.9. The van der Waals surface area contributed by atoms with E-state index in [1.807, 2.05) is 34.9 Å². The number of benzene rings is 3. The molecule has 0 bridgehead atoms. The van der Waals surface area contributed by atoms with Gasteiger partial charge in [-0.15, -0.1) is 22.9 Å². The van der Waals surface area contributed by atoms with Crippen LogP contribution in [0.3, 0.4) is 0 Å². The minimum atomic E-state index is -0.0442. The molecule has 4 aromatic heterocycles. The van der Waals surface area contributed by atoms with Crippen molar-refractivity contribution < 1.29 is 21.1 Å². The molecule has 1 aliphatic heterocycles. The van der Waals surface area contributed by atoms with Crippen molar-refractivity contribution in [2.45, 2.75) is 12.6 Å². The Labute approximate surface area is 233 Å². The number of fused-ring (bicyclic) bond motifs is 5. The summed E-state index contributed by atoms with van der Waals surface area (Å²) in [7, 11) is 0. The van der Waals surface area contributed by atoms with E-state index < -0.39 is 0 Å². The van der Waals surface area contributed by atoms with Crippen molar-refractivity contribution in [3.63, 3.8) is 0 Å². The van der Waals surface area contributed by atoms with E-state index in [-0.39, 0.29) is 27.2 Å². The molecule has 38 heavy (non-hydrogen) atoms. The van der Waals surface area contributed by atoms with E-state index in [4.69, 9.17) is 9.98 Å². The molecular weight excluding hydrogens is 649 g/mol. The standard InChI is InChI=1S/C32H21N5.Pt/c1-4-11-26-22(8-1)18-20-35(26)29-14-7-15-31(33-29)37-28-13-6-3-10-24(28)25-16-17-30(34-32(25)37)36-21-19-23-9-2-5-12-27(23)36;/h1-10,12-13,15-20,29H,14H2;/q-2;+2. The molecule has 184 valence electrons. The summed E-state index contributed by atoms with van der Waals surface area (Å²) in [4.78, 5) is 10.4. The van der Waals surface area contributed by atoms with E-state index in [2.05, 4.69) is 100 Å². The van der Waals surface area contributed by atoms with Crippen molar-refractivity contribution in [2.75, 3.05) is 0 Å². The Hall–Kier alpha value is -4.21. The van der Waals surface area contributed by atoms with E-state index in [0.717, 1.165) is 56.4 Å². The average Bonchev–Trinajstić information content (AvgIpc) is 3.66. The van der Waals surface area contributed by atoms with Gasteiger partial charge in [-0.1, -0.05) is 77.9 Å². The molecule has 6 heteroatoms. The van der Waals surface area contributed by atoms with Crippen LogP contribution in [0.5, 0.6) is 0 Å². The zero-order chi connectivity index (χ0) is 24.3. The summed E-state index contributed by atoms with van der Waals surface area (Å²) in [5.41, 5.74) is 4.14. The maximum absolute atomic E-state index is 5.24. The number of hydrogen-bond donors (Lipinski definition) is 0. The Balaban J connectivity index is 0.00000242. The summed E-state index contributed by atoms with van der Waals surface area (Å²) in [6.45, 7) is 0. The molecule has 0 aliphatic carbocycles. The molecule has 0 fully saturated rings. The van der Waals surface area contributed by atoms with Gasteiger partial charge in [-0.25, -0.2) is 4.99 Å². The van der Waals surface area contributed by atoms with Crippen LogP contribution in [0.1, 0.15) is 12.6 Å². The summed E-state index contributed by atoms with van der Waals surface area (Å²) in [6, 6.07) is 34.6. The van der Waals surface area contributed by atoms with E-state index in [9.17, 15) is 0 Å². The van der Waals surface area contributed by atoms with Gasteiger partial charge in [0, 0.05) is 17.2 Å². The second-order valence-corrected chi connectivity index (χ2v) is 9.36. The third-order valence-electron chi connectivity index (χ3n) is 7.25. The molecule has 8 rings (SSSR count). The number of nitrogens with zero attached hydrogens (tertiary/aromatic N) is 5. The summed E-state index contributed by atoms with van der Waals surface area (Å²) in [6.07, 6.45) is 10.6. The van der Waals surface area contributed by atoms with Crippen LogP contribution in [0, 0.1) is 12.3 Å². The minimum Gasteiger partial charge on any atom is -0.429 e. The number of aromatic nitrogens is 4. The monoisotopic (exact) mass is 670 g/mol. The summed E-state index contributed by atoms with van der Waals surface area (Å²) >= 11 is 0. The van der Waals surface area contributed by atoms with Gasteiger partial charge in [-0.05, 0) is 18.3 Å². The summed E-state index contributed by atoms with van der Waals surface area (Å²) < 4.78 is 6.43. The van der Waals surface area contributed by atoms with Crippen LogP contribution in [-0.4, -0.2) is 24.5 Å². The number of pyridine rings is 1. The molecule has 0 spiro atoms. The molecule has 0 amide bonds. The summed E-state index contributed by atoms with van der Waals surface area (Å²) in [5, 5.41) is 4.58. The largest absolute Gasteiger partial charge is 2.00 e. The van der Waals surface area contributed by atoms with Gasteiger partial charge in [0.25, 0.3) is 0 Å². The molecule has 0 saturated heterocycles. The summed E-state index contributed by atoms with van der Waals surface area (Å²) in [5.74, 6) is 1.71. The Morgan fingerprint density at radius 2 is 1.66 bits per heavy atom. The second kappa shape index (κ2) is 8.97. The second-order valence-electron chi connectivity index (χ2n) is 9.36. The predicted molar refractivity (Wildman–Crippen MR) is 149 cm³/mol. The van der Waals surface area contributed by atoms with Gasteiger partial charge < -0.3 is 9.13 Å². The van der Waals surface area contributed by atoms with Crippen molar-refractivity contribution in [1.82, 2.24) is 18.7 Å². The fraction of sp³-hybridized carbons (Fsp3) is 0.0625. The molecule has 3 aromatic carbocycles. The quantitative estimate of drug-likeness (QED) is 0.181. The third-order valence-corrected chi connectivity index (χ3v) is 7.25. The molecule has 5 nitrogen and oxygen atoms in total. The molecule has 0 radical (unpaired) electrons. The zero-order valence-corrected chi connectivity index (χ0v) is 22.5. The van der Waals surface area contributed by atoms with Crippen LogP contribution >= 0.6 is 0 Å². The first-order valence-electron chi connectivity index (χ1n) is 12.5. The van der Waals surface area contributed by atoms with Crippen molar-refractivity contribution in [1.29, 1.82) is 0 Å². The molecule has 1 atom stereocenters. The number of allylic oxidation sites excluding steroid dienone is 1. The van der Waals surface area contributed by atoms with Crippen molar-refractivity contribution in [3.05, 3.63) is 122 Å². The molecule has 1 aliphatic rings. The van der Waals surface area contributed by atoms with E-state index in [1.54, 1.807) is 0 Å². The normalized spacial score (nSPS) is 15.4. The maximum atomic E-state index is 5.24. The number of para-hydroxylation sites is 3. The van der Waals surface area contributed by atoms with Crippen LogP contribution in [0.15, 0.2) is 114 Å².